The van der Waals surface area contributed by atoms with Crippen LogP contribution in [-0.2, 0) is 17.8 Å². The summed E-state index contributed by atoms with van der Waals surface area (Å²) in [6.07, 6.45) is 4.81. The lowest BCUT2D eigenvalue weighted by Gasteiger charge is -2.21. The molecule has 0 atom stereocenters. The molecule has 0 bridgehead atoms. The molecule has 1 fully saturated rings. The number of nitrogens with one attached hydrogen (secondary N) is 1. The summed E-state index contributed by atoms with van der Waals surface area (Å²) in [5.74, 6) is 2.51. The summed E-state index contributed by atoms with van der Waals surface area (Å²) in [6, 6.07) is 23.6. The molecule has 6 rings (SSSR count). The van der Waals surface area contributed by atoms with Gasteiger partial charge in [0.05, 0.1) is 12.9 Å². The van der Waals surface area contributed by atoms with E-state index in [9.17, 15) is 4.79 Å². The van der Waals surface area contributed by atoms with Crippen molar-refractivity contribution >= 4 is 23.4 Å². The first-order valence-electron chi connectivity index (χ1n) is 13.2. The van der Waals surface area contributed by atoms with Crippen LogP contribution in [0.3, 0.4) is 0 Å². The average molecular weight is 543 g/mol. The number of nitrogens with zero attached hydrogens (tertiary/aromatic N) is 3. The highest BCUT2D eigenvalue weighted by Gasteiger charge is 2.44. The number of hydrogen-bond donors (Lipinski definition) is 1. The predicted octanol–water partition coefficient (Wildman–Crippen LogP) is 5.97. The topological polar surface area (TPSA) is 87.5 Å². The quantitative estimate of drug-likeness (QED) is 0.261. The smallest absolute Gasteiger partial charge is 0.251 e. The maximum absolute atomic E-state index is 12.9. The molecule has 3 aromatic carbocycles. The van der Waals surface area contributed by atoms with Gasteiger partial charge < -0.3 is 24.1 Å². The molecule has 1 amide bonds. The second kappa shape index (κ2) is 11.0. The maximum Gasteiger partial charge on any atom is 0.251 e. The van der Waals surface area contributed by atoms with Crippen LogP contribution >= 0.6 is 11.8 Å². The lowest BCUT2D eigenvalue weighted by Crippen LogP contribution is -2.34. The van der Waals surface area contributed by atoms with E-state index in [1.807, 2.05) is 60.7 Å². The van der Waals surface area contributed by atoms with Gasteiger partial charge in [-0.2, -0.15) is 0 Å². The number of aromatic nitrogens is 3. The summed E-state index contributed by atoms with van der Waals surface area (Å²) in [6.45, 7) is 0.687. The fraction of sp³-hybridized carbons (Fsp3) is 0.300. The summed E-state index contributed by atoms with van der Waals surface area (Å²) in [4.78, 5) is 12.9. The average Bonchev–Trinajstić information content (AvgIpc) is 3.69. The molecule has 1 saturated carbocycles. The molecule has 1 N–H and O–H groups in total. The largest absolute Gasteiger partial charge is 0.497 e. The van der Waals surface area contributed by atoms with Gasteiger partial charge >= 0.3 is 0 Å². The lowest BCUT2D eigenvalue weighted by atomic mass is 10.1. The van der Waals surface area contributed by atoms with Crippen LogP contribution in [0.2, 0.25) is 0 Å². The van der Waals surface area contributed by atoms with Crippen molar-refractivity contribution in [3.63, 3.8) is 0 Å². The highest BCUT2D eigenvalue weighted by atomic mass is 32.2. The molecule has 1 spiro atoms. The second-order valence-electron chi connectivity index (χ2n) is 9.74. The number of aryl methyl sites for hydroxylation is 1. The molecule has 200 valence electrons. The van der Waals surface area contributed by atoms with Crippen LogP contribution < -0.4 is 19.5 Å². The van der Waals surface area contributed by atoms with E-state index < -0.39 is 5.79 Å². The van der Waals surface area contributed by atoms with E-state index in [2.05, 4.69) is 32.2 Å². The number of amides is 1. The standard InChI is InChI=1S/C30H30N4O4S/c1-36-24-12-9-22(10-13-24)28-32-33-29(34(28)18-15-21-7-3-2-4-8-21)39-20-27(35)31-23-11-14-25-26(19-23)38-30(37-25)16-5-6-17-30/h2-4,7-14,19H,5-6,15-18,20H2,1H3,(H,31,35). The van der Waals surface area contributed by atoms with Gasteiger partial charge in [-0.3, -0.25) is 4.79 Å². The van der Waals surface area contributed by atoms with Crippen LogP contribution in [0.15, 0.2) is 78.0 Å². The summed E-state index contributed by atoms with van der Waals surface area (Å²) < 4.78 is 19.6. The zero-order chi connectivity index (χ0) is 26.7. The number of benzene rings is 3. The van der Waals surface area contributed by atoms with Gasteiger partial charge in [-0.15, -0.1) is 10.2 Å². The van der Waals surface area contributed by atoms with E-state index in [-0.39, 0.29) is 11.7 Å². The van der Waals surface area contributed by atoms with Crippen molar-refractivity contribution in [3.8, 4) is 28.6 Å². The van der Waals surface area contributed by atoms with E-state index in [1.165, 1.54) is 17.3 Å². The van der Waals surface area contributed by atoms with Gasteiger partial charge in [-0.25, -0.2) is 0 Å². The predicted molar refractivity (Wildman–Crippen MR) is 150 cm³/mol. The van der Waals surface area contributed by atoms with E-state index in [0.29, 0.717) is 23.1 Å². The van der Waals surface area contributed by atoms with Crippen molar-refractivity contribution in [1.29, 1.82) is 0 Å². The summed E-state index contributed by atoms with van der Waals surface area (Å²) >= 11 is 1.37. The molecule has 9 heteroatoms. The second-order valence-corrected chi connectivity index (χ2v) is 10.7. The molecule has 39 heavy (non-hydrogen) atoms. The molecule has 2 aliphatic rings. The van der Waals surface area contributed by atoms with Gasteiger partial charge in [-0.1, -0.05) is 42.1 Å². The molecule has 0 saturated heterocycles. The Morgan fingerprint density at radius 3 is 2.54 bits per heavy atom. The number of anilines is 1. The molecule has 8 nitrogen and oxygen atoms in total. The lowest BCUT2D eigenvalue weighted by molar-refractivity contribution is -0.113. The number of carbonyl (C=O) groups is 1. The molecule has 0 unspecified atom stereocenters. The SMILES string of the molecule is COc1ccc(-c2nnc(SCC(=O)Nc3ccc4c(c3)OC3(CCCC3)O4)n2CCc2ccccc2)cc1. The normalized spacial score (nSPS) is 15.0. The Bertz CT molecular complexity index is 1450. The fourth-order valence-electron chi connectivity index (χ4n) is 5.05. The van der Waals surface area contributed by atoms with Crippen LogP contribution in [0.25, 0.3) is 11.4 Å². The van der Waals surface area contributed by atoms with Gasteiger partial charge in [-0.05, 0) is 61.2 Å². The van der Waals surface area contributed by atoms with E-state index in [0.717, 1.165) is 55.0 Å². The highest BCUT2D eigenvalue weighted by Crippen LogP contribution is 2.47. The molecule has 1 aliphatic heterocycles. The van der Waals surface area contributed by atoms with Crippen molar-refractivity contribution in [2.24, 2.45) is 0 Å². The Labute approximate surface area is 231 Å². The number of thioether (sulfide) groups is 1. The Kier molecular flexibility index (Phi) is 7.15. The minimum Gasteiger partial charge on any atom is -0.497 e. The van der Waals surface area contributed by atoms with Crippen LogP contribution in [0.5, 0.6) is 17.2 Å². The van der Waals surface area contributed by atoms with Crippen LogP contribution in [0.4, 0.5) is 5.69 Å². The number of ether oxygens (including phenoxy) is 3. The van der Waals surface area contributed by atoms with Gasteiger partial charge in [0.2, 0.25) is 5.91 Å². The Hall–Kier alpha value is -3.98. The first kappa shape index (κ1) is 25.3. The van der Waals surface area contributed by atoms with Crippen molar-refractivity contribution in [2.45, 2.75) is 49.6 Å². The van der Waals surface area contributed by atoms with Gasteiger partial charge in [0.1, 0.15) is 5.75 Å². The van der Waals surface area contributed by atoms with Crippen LogP contribution in [0.1, 0.15) is 31.2 Å². The summed E-state index contributed by atoms with van der Waals surface area (Å²) in [5, 5.41) is 12.6. The fourth-order valence-corrected chi connectivity index (χ4v) is 5.82. The third-order valence-corrected chi connectivity index (χ3v) is 8.02. The summed E-state index contributed by atoms with van der Waals surface area (Å²) in [5.41, 5.74) is 2.85. The molecule has 0 radical (unpaired) electrons. The number of methoxy groups -OCH3 is 1. The monoisotopic (exact) mass is 542 g/mol. The maximum atomic E-state index is 12.9. The zero-order valence-electron chi connectivity index (χ0n) is 21.8. The van der Waals surface area contributed by atoms with Crippen molar-refractivity contribution < 1.29 is 19.0 Å². The molecular formula is C30H30N4O4S. The van der Waals surface area contributed by atoms with Crippen molar-refractivity contribution in [1.82, 2.24) is 14.8 Å². The molecule has 4 aromatic rings. The zero-order valence-corrected chi connectivity index (χ0v) is 22.6. The molecule has 2 heterocycles. The van der Waals surface area contributed by atoms with E-state index in [4.69, 9.17) is 14.2 Å². The van der Waals surface area contributed by atoms with E-state index >= 15 is 0 Å². The number of rotatable bonds is 9. The summed E-state index contributed by atoms with van der Waals surface area (Å²) in [7, 11) is 1.65. The number of carbonyl (C=O) groups excluding carboxylic acids is 1. The highest BCUT2D eigenvalue weighted by molar-refractivity contribution is 7.99. The van der Waals surface area contributed by atoms with Gasteiger partial charge in [0, 0.05) is 36.7 Å². The minimum atomic E-state index is -0.522. The first-order chi connectivity index (χ1) is 19.1. The van der Waals surface area contributed by atoms with Gasteiger partial charge in [0.25, 0.3) is 5.79 Å². The molecule has 1 aliphatic carbocycles. The van der Waals surface area contributed by atoms with Crippen LogP contribution in [-0.4, -0.2) is 39.3 Å². The minimum absolute atomic E-state index is 0.127. The third kappa shape index (κ3) is 5.59. The Morgan fingerprint density at radius 2 is 1.77 bits per heavy atom. The van der Waals surface area contributed by atoms with Crippen molar-refractivity contribution in [2.75, 3.05) is 18.2 Å². The van der Waals surface area contributed by atoms with Gasteiger partial charge in [0.15, 0.2) is 22.5 Å². The molecular weight excluding hydrogens is 512 g/mol. The third-order valence-electron chi connectivity index (χ3n) is 7.05. The Balaban J connectivity index is 1.14. The molecule has 1 aromatic heterocycles. The number of hydrogen-bond acceptors (Lipinski definition) is 7. The Morgan fingerprint density at radius 1 is 1.00 bits per heavy atom. The van der Waals surface area contributed by atoms with E-state index in [1.54, 1.807) is 7.11 Å². The van der Waals surface area contributed by atoms with Crippen molar-refractivity contribution in [3.05, 3.63) is 78.4 Å². The number of fused-ring (bicyclic) bond motifs is 1. The first-order valence-corrected chi connectivity index (χ1v) is 14.2. The van der Waals surface area contributed by atoms with Crippen LogP contribution in [0, 0.1) is 0 Å².